The van der Waals surface area contributed by atoms with E-state index >= 15 is 0 Å². The number of rotatable bonds is 7. The summed E-state index contributed by atoms with van der Waals surface area (Å²) in [5.74, 6) is -0.416. The van der Waals surface area contributed by atoms with Gasteiger partial charge in [0.15, 0.2) is 11.6 Å². The Labute approximate surface area is 99.5 Å². The Morgan fingerprint density at radius 2 is 2.00 bits per heavy atom. The molecule has 0 amide bonds. The van der Waals surface area contributed by atoms with E-state index in [9.17, 15) is 4.39 Å². The second kappa shape index (κ2) is 7.60. The summed E-state index contributed by atoms with van der Waals surface area (Å²) in [5, 5.41) is 8.56. The van der Waals surface area contributed by atoms with E-state index in [1.807, 2.05) is 6.07 Å². The fraction of sp³-hybridized carbons (Fsp3) is 0.417. The normalized spacial score (nSPS) is 9.94. The molecule has 1 aromatic rings. The highest BCUT2D eigenvalue weighted by molar-refractivity contribution is 5.35. The molecule has 0 aliphatic heterocycles. The Kier molecular flexibility index (Phi) is 6.00. The van der Waals surface area contributed by atoms with Gasteiger partial charge in [0.25, 0.3) is 0 Å². The van der Waals surface area contributed by atoms with Gasteiger partial charge in [0.1, 0.15) is 6.61 Å². The van der Waals surface area contributed by atoms with Crippen molar-refractivity contribution >= 4 is 0 Å². The van der Waals surface area contributed by atoms with Gasteiger partial charge in [0.05, 0.1) is 31.5 Å². The third-order valence-electron chi connectivity index (χ3n) is 1.98. The molecule has 0 radical (unpaired) electrons. The van der Waals surface area contributed by atoms with Crippen LogP contribution in [0.1, 0.15) is 5.56 Å². The third kappa shape index (κ3) is 4.81. The highest BCUT2D eigenvalue weighted by Gasteiger charge is 2.04. The van der Waals surface area contributed by atoms with E-state index in [4.69, 9.17) is 19.5 Å². The van der Waals surface area contributed by atoms with Crippen molar-refractivity contribution in [2.24, 2.45) is 0 Å². The molecule has 17 heavy (non-hydrogen) atoms. The summed E-state index contributed by atoms with van der Waals surface area (Å²) >= 11 is 0. The Morgan fingerprint density at radius 3 is 2.65 bits per heavy atom. The maximum Gasteiger partial charge on any atom is 0.166 e. The van der Waals surface area contributed by atoms with Gasteiger partial charge in [-0.15, -0.1) is 0 Å². The summed E-state index contributed by atoms with van der Waals surface area (Å²) < 4.78 is 28.4. The maximum atomic E-state index is 13.3. The third-order valence-corrected chi connectivity index (χ3v) is 1.98. The molecule has 5 heteroatoms. The van der Waals surface area contributed by atoms with Crippen molar-refractivity contribution < 1.29 is 18.6 Å². The smallest absolute Gasteiger partial charge is 0.166 e. The molecule has 0 saturated heterocycles. The molecule has 0 aliphatic rings. The van der Waals surface area contributed by atoms with E-state index in [0.717, 1.165) is 6.07 Å². The van der Waals surface area contributed by atoms with Gasteiger partial charge in [0, 0.05) is 7.11 Å². The van der Waals surface area contributed by atoms with Crippen molar-refractivity contribution in [3.8, 4) is 11.8 Å². The second-order valence-corrected chi connectivity index (χ2v) is 3.21. The molecule has 0 bridgehead atoms. The Morgan fingerprint density at radius 1 is 1.24 bits per heavy atom. The lowest BCUT2D eigenvalue weighted by Crippen LogP contribution is -2.10. The second-order valence-electron chi connectivity index (χ2n) is 3.21. The number of hydrogen-bond acceptors (Lipinski definition) is 4. The zero-order valence-electron chi connectivity index (χ0n) is 9.61. The van der Waals surface area contributed by atoms with E-state index in [1.165, 1.54) is 12.1 Å². The molecule has 1 aromatic carbocycles. The fourth-order valence-electron chi connectivity index (χ4n) is 1.14. The molecule has 0 aromatic heterocycles. The lowest BCUT2D eigenvalue weighted by molar-refractivity contribution is 0.0538. The maximum absolute atomic E-state index is 13.3. The Balaban J connectivity index is 2.30. The van der Waals surface area contributed by atoms with E-state index in [2.05, 4.69) is 0 Å². The fourth-order valence-corrected chi connectivity index (χ4v) is 1.14. The topological polar surface area (TPSA) is 51.5 Å². The number of benzene rings is 1. The minimum absolute atomic E-state index is 0.124. The van der Waals surface area contributed by atoms with Crippen molar-refractivity contribution in [1.82, 2.24) is 0 Å². The first-order valence-electron chi connectivity index (χ1n) is 5.17. The van der Waals surface area contributed by atoms with Gasteiger partial charge in [-0.05, 0) is 18.2 Å². The van der Waals surface area contributed by atoms with Crippen LogP contribution in [-0.2, 0) is 9.47 Å². The van der Waals surface area contributed by atoms with Crippen molar-refractivity contribution in [3.63, 3.8) is 0 Å². The average molecular weight is 239 g/mol. The molecule has 0 unspecified atom stereocenters. The number of ether oxygens (including phenoxy) is 3. The molecular formula is C12H14FNO3. The van der Waals surface area contributed by atoms with Gasteiger partial charge in [0.2, 0.25) is 0 Å². The standard InChI is InChI=1S/C12H14FNO3/c1-15-4-5-16-6-7-17-12-3-2-10(9-14)8-11(12)13/h2-3,8H,4-7H2,1H3. The number of methoxy groups -OCH3 is 1. The summed E-state index contributed by atoms with van der Waals surface area (Å²) in [7, 11) is 1.59. The van der Waals surface area contributed by atoms with Crippen LogP contribution in [0.25, 0.3) is 0 Å². The monoisotopic (exact) mass is 239 g/mol. The first kappa shape index (κ1) is 13.4. The summed E-state index contributed by atoms with van der Waals surface area (Å²) in [6.07, 6.45) is 0. The highest BCUT2D eigenvalue weighted by atomic mass is 19.1. The predicted molar refractivity (Wildman–Crippen MR) is 59.3 cm³/mol. The molecule has 0 spiro atoms. The van der Waals surface area contributed by atoms with Gasteiger partial charge in [-0.3, -0.25) is 0 Å². The highest BCUT2D eigenvalue weighted by Crippen LogP contribution is 2.17. The molecule has 1 rings (SSSR count). The summed E-state index contributed by atoms with van der Waals surface area (Å²) in [6, 6.07) is 5.93. The van der Waals surface area contributed by atoms with Crippen LogP contribution in [0.3, 0.4) is 0 Å². The summed E-state index contributed by atoms with van der Waals surface area (Å²) in [5.41, 5.74) is 0.270. The van der Waals surface area contributed by atoms with Crippen LogP contribution in [0.4, 0.5) is 4.39 Å². The van der Waals surface area contributed by atoms with Crippen LogP contribution in [-0.4, -0.2) is 33.5 Å². The molecular weight excluding hydrogens is 225 g/mol. The van der Waals surface area contributed by atoms with Crippen LogP contribution in [0.2, 0.25) is 0 Å². The van der Waals surface area contributed by atoms with Crippen molar-refractivity contribution in [3.05, 3.63) is 29.6 Å². The molecule has 4 nitrogen and oxygen atoms in total. The first-order chi connectivity index (χ1) is 8.27. The SMILES string of the molecule is COCCOCCOc1ccc(C#N)cc1F. The van der Waals surface area contributed by atoms with E-state index < -0.39 is 5.82 Å². The predicted octanol–water partition coefficient (Wildman–Crippen LogP) is 1.74. The summed E-state index contributed by atoms with van der Waals surface area (Å²) in [4.78, 5) is 0. The van der Waals surface area contributed by atoms with Gasteiger partial charge < -0.3 is 14.2 Å². The first-order valence-corrected chi connectivity index (χ1v) is 5.17. The molecule has 0 aliphatic carbocycles. The van der Waals surface area contributed by atoms with E-state index in [0.29, 0.717) is 19.8 Å². The quantitative estimate of drug-likeness (QED) is 0.680. The Bertz CT molecular complexity index is 390. The van der Waals surface area contributed by atoms with Crippen molar-refractivity contribution in [2.45, 2.75) is 0 Å². The minimum atomic E-state index is -0.541. The largest absolute Gasteiger partial charge is 0.488 e. The van der Waals surface area contributed by atoms with Crippen LogP contribution < -0.4 is 4.74 Å². The molecule has 0 atom stereocenters. The van der Waals surface area contributed by atoms with Crippen molar-refractivity contribution in [1.29, 1.82) is 5.26 Å². The van der Waals surface area contributed by atoms with E-state index in [-0.39, 0.29) is 17.9 Å². The number of hydrogen-bond donors (Lipinski definition) is 0. The molecule has 92 valence electrons. The zero-order chi connectivity index (χ0) is 12.5. The molecule has 0 fully saturated rings. The van der Waals surface area contributed by atoms with Gasteiger partial charge in [-0.1, -0.05) is 0 Å². The van der Waals surface area contributed by atoms with Gasteiger partial charge in [-0.2, -0.15) is 5.26 Å². The van der Waals surface area contributed by atoms with Crippen molar-refractivity contribution in [2.75, 3.05) is 33.5 Å². The van der Waals surface area contributed by atoms with Crippen LogP contribution in [0, 0.1) is 17.1 Å². The number of halogens is 1. The van der Waals surface area contributed by atoms with Crippen LogP contribution in [0.15, 0.2) is 18.2 Å². The van der Waals surface area contributed by atoms with Gasteiger partial charge >= 0.3 is 0 Å². The Hall–Kier alpha value is -1.64. The molecule has 0 saturated carbocycles. The molecule has 0 N–H and O–H groups in total. The average Bonchev–Trinajstić information content (AvgIpc) is 2.35. The molecule has 0 heterocycles. The van der Waals surface area contributed by atoms with Crippen LogP contribution >= 0.6 is 0 Å². The number of nitrogens with zero attached hydrogens (tertiary/aromatic N) is 1. The minimum Gasteiger partial charge on any atom is -0.488 e. The lowest BCUT2D eigenvalue weighted by atomic mass is 10.2. The summed E-state index contributed by atoms with van der Waals surface area (Å²) in [6.45, 7) is 1.62. The lowest BCUT2D eigenvalue weighted by Gasteiger charge is -2.07. The van der Waals surface area contributed by atoms with E-state index in [1.54, 1.807) is 7.11 Å². The van der Waals surface area contributed by atoms with Gasteiger partial charge in [-0.25, -0.2) is 4.39 Å². The van der Waals surface area contributed by atoms with Crippen LogP contribution in [0.5, 0.6) is 5.75 Å². The number of nitriles is 1. The zero-order valence-corrected chi connectivity index (χ0v) is 9.61.